The molecule has 0 aliphatic rings. The second kappa shape index (κ2) is 4.42. The molecule has 1 aromatic heterocycles. The fraction of sp³-hybridized carbons (Fsp3) is 0.111. The van der Waals surface area contributed by atoms with Crippen molar-refractivity contribution in [1.82, 2.24) is 4.98 Å². The van der Waals surface area contributed by atoms with E-state index in [1.807, 2.05) is 18.2 Å². The lowest BCUT2D eigenvalue weighted by Gasteiger charge is -2.07. The predicted molar refractivity (Wildman–Crippen MR) is 86.4 cm³/mol. The molecule has 0 unspecified atom stereocenters. The second-order valence-electron chi connectivity index (χ2n) is 5.08. The average Bonchev–Trinajstić information content (AvgIpc) is 2.91. The number of rotatable bonds is 2. The molecular weight excluding hydrogens is 262 g/mol. The zero-order valence-electron chi connectivity index (χ0n) is 11.9. The van der Waals surface area contributed by atoms with Crippen molar-refractivity contribution in [1.29, 1.82) is 0 Å². The van der Waals surface area contributed by atoms with E-state index in [1.54, 1.807) is 14.2 Å². The lowest BCUT2D eigenvalue weighted by molar-refractivity contribution is 0.415. The first-order valence-corrected chi connectivity index (χ1v) is 6.87. The predicted octanol–water partition coefficient (Wildman–Crippen LogP) is 4.49. The summed E-state index contributed by atoms with van der Waals surface area (Å²) in [5, 5.41) is 4.75. The third-order valence-electron chi connectivity index (χ3n) is 3.99. The summed E-state index contributed by atoms with van der Waals surface area (Å²) in [6, 6.07) is 16.5. The summed E-state index contributed by atoms with van der Waals surface area (Å²) in [5.41, 5.74) is 2.15. The van der Waals surface area contributed by atoms with Gasteiger partial charge in [0, 0.05) is 28.3 Å². The maximum absolute atomic E-state index is 5.53. The molecule has 0 saturated heterocycles. The molecule has 0 atom stereocenters. The van der Waals surface area contributed by atoms with Gasteiger partial charge in [-0.1, -0.05) is 24.3 Å². The van der Waals surface area contributed by atoms with Crippen molar-refractivity contribution in [3.63, 3.8) is 0 Å². The normalized spacial score (nSPS) is 11.3. The van der Waals surface area contributed by atoms with Gasteiger partial charge in [0.05, 0.1) is 25.3 Å². The van der Waals surface area contributed by atoms with E-state index in [0.29, 0.717) is 0 Å². The van der Waals surface area contributed by atoms with Gasteiger partial charge in [-0.3, -0.25) is 0 Å². The van der Waals surface area contributed by atoms with E-state index in [1.165, 1.54) is 16.2 Å². The molecule has 0 saturated carbocycles. The average molecular weight is 277 g/mol. The third kappa shape index (κ3) is 1.67. The highest BCUT2D eigenvalue weighted by Crippen LogP contribution is 2.38. The summed E-state index contributed by atoms with van der Waals surface area (Å²) in [6.45, 7) is 0. The molecule has 3 heteroatoms. The first-order valence-electron chi connectivity index (χ1n) is 6.87. The number of nitrogens with one attached hydrogen (secondary N) is 1. The molecule has 0 fully saturated rings. The van der Waals surface area contributed by atoms with E-state index in [4.69, 9.17) is 9.47 Å². The van der Waals surface area contributed by atoms with Gasteiger partial charge in [-0.15, -0.1) is 0 Å². The van der Waals surface area contributed by atoms with Crippen molar-refractivity contribution < 1.29 is 9.47 Å². The quantitative estimate of drug-likeness (QED) is 0.585. The molecule has 0 aliphatic carbocycles. The van der Waals surface area contributed by atoms with Crippen LogP contribution in [0.1, 0.15) is 0 Å². The summed E-state index contributed by atoms with van der Waals surface area (Å²) >= 11 is 0. The number of ether oxygens (including phenoxy) is 2. The topological polar surface area (TPSA) is 34.2 Å². The number of methoxy groups -OCH3 is 2. The van der Waals surface area contributed by atoms with Crippen LogP contribution in [0.15, 0.2) is 48.5 Å². The van der Waals surface area contributed by atoms with Crippen LogP contribution in [0.2, 0.25) is 0 Å². The number of aromatic amines is 1. The molecule has 0 bridgehead atoms. The van der Waals surface area contributed by atoms with Crippen molar-refractivity contribution in [2.45, 2.75) is 0 Å². The van der Waals surface area contributed by atoms with Crippen LogP contribution in [0.5, 0.6) is 11.5 Å². The van der Waals surface area contributed by atoms with E-state index in [0.717, 1.165) is 27.9 Å². The van der Waals surface area contributed by atoms with E-state index in [9.17, 15) is 0 Å². The van der Waals surface area contributed by atoms with Crippen LogP contribution in [0.4, 0.5) is 0 Å². The minimum atomic E-state index is 0.852. The van der Waals surface area contributed by atoms with Crippen LogP contribution >= 0.6 is 0 Å². The zero-order chi connectivity index (χ0) is 14.4. The van der Waals surface area contributed by atoms with Crippen molar-refractivity contribution in [3.8, 4) is 11.5 Å². The van der Waals surface area contributed by atoms with Gasteiger partial charge in [0.15, 0.2) is 0 Å². The highest BCUT2D eigenvalue weighted by molar-refractivity contribution is 6.21. The lowest BCUT2D eigenvalue weighted by Crippen LogP contribution is -1.85. The Morgan fingerprint density at radius 1 is 0.762 bits per heavy atom. The number of fused-ring (bicyclic) bond motifs is 5. The molecule has 0 aliphatic heterocycles. The number of hydrogen-bond acceptors (Lipinski definition) is 2. The molecule has 4 aromatic rings. The zero-order valence-corrected chi connectivity index (χ0v) is 11.9. The van der Waals surface area contributed by atoms with Gasteiger partial charge in [0.1, 0.15) is 11.5 Å². The second-order valence-corrected chi connectivity index (χ2v) is 5.08. The minimum absolute atomic E-state index is 0.852. The fourth-order valence-corrected chi connectivity index (χ4v) is 3.02. The van der Waals surface area contributed by atoms with Crippen LogP contribution < -0.4 is 9.47 Å². The Labute approximate surface area is 122 Å². The van der Waals surface area contributed by atoms with Gasteiger partial charge in [-0.05, 0) is 17.5 Å². The molecule has 1 heterocycles. The summed E-state index contributed by atoms with van der Waals surface area (Å²) in [4.78, 5) is 3.46. The van der Waals surface area contributed by atoms with Crippen molar-refractivity contribution in [2.24, 2.45) is 0 Å². The molecular formula is C18H15NO2. The summed E-state index contributed by atoms with van der Waals surface area (Å²) < 4.78 is 10.8. The Kier molecular flexibility index (Phi) is 2.54. The van der Waals surface area contributed by atoms with Crippen LogP contribution in [-0.2, 0) is 0 Å². The number of aromatic nitrogens is 1. The molecule has 0 spiro atoms. The molecule has 4 rings (SSSR count). The van der Waals surface area contributed by atoms with Crippen molar-refractivity contribution in [3.05, 3.63) is 48.5 Å². The van der Waals surface area contributed by atoms with E-state index in [-0.39, 0.29) is 0 Å². The van der Waals surface area contributed by atoms with Crippen LogP contribution in [0, 0.1) is 0 Å². The summed E-state index contributed by atoms with van der Waals surface area (Å²) in [6.07, 6.45) is 0. The minimum Gasteiger partial charge on any atom is -0.497 e. The van der Waals surface area contributed by atoms with Gasteiger partial charge in [-0.2, -0.15) is 0 Å². The molecule has 0 amide bonds. The smallest absolute Gasteiger partial charge is 0.128 e. The highest BCUT2D eigenvalue weighted by atomic mass is 16.5. The largest absolute Gasteiger partial charge is 0.497 e. The van der Waals surface area contributed by atoms with Crippen molar-refractivity contribution >= 4 is 32.6 Å². The maximum Gasteiger partial charge on any atom is 0.128 e. The van der Waals surface area contributed by atoms with E-state index < -0.39 is 0 Å². The Hall–Kier alpha value is -2.68. The Balaban J connectivity index is 2.22. The Morgan fingerprint density at radius 3 is 2.33 bits per heavy atom. The van der Waals surface area contributed by atoms with Gasteiger partial charge in [0.2, 0.25) is 0 Å². The van der Waals surface area contributed by atoms with Crippen LogP contribution in [0.3, 0.4) is 0 Å². The number of hydrogen-bond donors (Lipinski definition) is 1. The Bertz CT molecular complexity index is 969. The monoisotopic (exact) mass is 277 g/mol. The standard InChI is InChI=1S/C18H15NO2/c1-20-11-7-8-14-15(9-11)19-16-10-17(21-2)12-5-3-4-6-13(12)18(14)16/h3-10,19H,1-2H3. The Morgan fingerprint density at radius 2 is 1.57 bits per heavy atom. The lowest BCUT2D eigenvalue weighted by atomic mass is 10.0. The molecule has 0 radical (unpaired) electrons. The van der Waals surface area contributed by atoms with Gasteiger partial charge in [0.25, 0.3) is 0 Å². The van der Waals surface area contributed by atoms with Gasteiger partial charge >= 0.3 is 0 Å². The third-order valence-corrected chi connectivity index (χ3v) is 3.99. The van der Waals surface area contributed by atoms with Crippen molar-refractivity contribution in [2.75, 3.05) is 14.2 Å². The molecule has 104 valence electrons. The van der Waals surface area contributed by atoms with Gasteiger partial charge in [-0.25, -0.2) is 0 Å². The van der Waals surface area contributed by atoms with E-state index in [2.05, 4.69) is 35.3 Å². The van der Waals surface area contributed by atoms with Crippen LogP contribution in [-0.4, -0.2) is 19.2 Å². The number of benzene rings is 3. The first-order chi connectivity index (χ1) is 10.3. The maximum atomic E-state index is 5.53. The summed E-state index contributed by atoms with van der Waals surface area (Å²) in [7, 11) is 3.39. The SMILES string of the molecule is COc1ccc2c(c1)[nH]c1cc(OC)c3ccccc3c12. The van der Waals surface area contributed by atoms with Crippen LogP contribution in [0.25, 0.3) is 32.6 Å². The first kappa shape index (κ1) is 12.1. The number of H-pyrrole nitrogens is 1. The van der Waals surface area contributed by atoms with Gasteiger partial charge < -0.3 is 14.5 Å². The summed E-state index contributed by atoms with van der Waals surface area (Å²) in [5.74, 6) is 1.74. The molecule has 21 heavy (non-hydrogen) atoms. The molecule has 3 nitrogen and oxygen atoms in total. The fourth-order valence-electron chi connectivity index (χ4n) is 3.02. The highest BCUT2D eigenvalue weighted by Gasteiger charge is 2.12. The van der Waals surface area contributed by atoms with E-state index >= 15 is 0 Å². The molecule has 1 N–H and O–H groups in total. The molecule has 3 aromatic carbocycles.